The maximum atomic E-state index is 4.39. The van der Waals surface area contributed by atoms with Crippen LogP contribution in [0.4, 0.5) is 0 Å². The Morgan fingerprint density at radius 1 is 1.53 bits per heavy atom. The van der Waals surface area contributed by atoms with Crippen LogP contribution >= 0.6 is 23.7 Å². The number of fused-ring (bicyclic) bond motifs is 1. The van der Waals surface area contributed by atoms with Gasteiger partial charge in [0.05, 0.1) is 6.20 Å². The van der Waals surface area contributed by atoms with Crippen LogP contribution < -0.4 is 5.32 Å². The lowest BCUT2D eigenvalue weighted by Crippen LogP contribution is -2.24. The molecule has 1 aliphatic carbocycles. The Labute approximate surface area is 124 Å². The second kappa shape index (κ2) is 6.07. The molecule has 3 rings (SSSR count). The molecule has 2 aromatic rings. The monoisotopic (exact) mass is 297 g/mol. The highest BCUT2D eigenvalue weighted by atomic mass is 35.5. The molecule has 0 amide bonds. The fourth-order valence-electron chi connectivity index (χ4n) is 2.72. The van der Waals surface area contributed by atoms with E-state index in [1.54, 1.807) is 0 Å². The van der Waals surface area contributed by atoms with Crippen LogP contribution in [0.2, 0.25) is 0 Å². The van der Waals surface area contributed by atoms with Crippen molar-refractivity contribution in [1.82, 2.24) is 15.1 Å². The van der Waals surface area contributed by atoms with Crippen LogP contribution in [0.3, 0.4) is 0 Å². The predicted octanol–water partition coefficient (Wildman–Crippen LogP) is 3.38. The molecule has 0 aliphatic heterocycles. The number of aromatic nitrogens is 2. The number of thiophene rings is 1. The summed E-state index contributed by atoms with van der Waals surface area (Å²) >= 11 is 1.84. The summed E-state index contributed by atoms with van der Waals surface area (Å²) in [5.41, 5.74) is 4.20. The Morgan fingerprint density at radius 2 is 2.37 bits per heavy atom. The molecule has 104 valence electrons. The van der Waals surface area contributed by atoms with Gasteiger partial charge in [0, 0.05) is 35.8 Å². The normalized spacial score (nSPS) is 17.9. The fourth-order valence-corrected chi connectivity index (χ4v) is 3.58. The average molecular weight is 298 g/mol. The van der Waals surface area contributed by atoms with Crippen LogP contribution in [0.5, 0.6) is 0 Å². The number of halogens is 1. The fraction of sp³-hybridized carbons (Fsp3) is 0.500. The van der Waals surface area contributed by atoms with E-state index in [-0.39, 0.29) is 12.4 Å². The molecule has 19 heavy (non-hydrogen) atoms. The highest BCUT2D eigenvalue weighted by Crippen LogP contribution is 2.29. The van der Waals surface area contributed by atoms with E-state index in [9.17, 15) is 0 Å². The molecular weight excluding hydrogens is 278 g/mol. The second-order valence-electron chi connectivity index (χ2n) is 5.02. The van der Waals surface area contributed by atoms with Crippen molar-refractivity contribution in [1.29, 1.82) is 0 Å². The number of rotatable bonds is 3. The molecule has 1 aliphatic rings. The van der Waals surface area contributed by atoms with Crippen molar-refractivity contribution in [3.8, 4) is 0 Å². The van der Waals surface area contributed by atoms with Crippen molar-refractivity contribution >= 4 is 23.7 Å². The van der Waals surface area contributed by atoms with E-state index in [0.29, 0.717) is 6.04 Å². The Morgan fingerprint density at radius 3 is 3.11 bits per heavy atom. The van der Waals surface area contributed by atoms with E-state index < -0.39 is 0 Å². The molecule has 0 spiro atoms. The van der Waals surface area contributed by atoms with Gasteiger partial charge >= 0.3 is 0 Å². The van der Waals surface area contributed by atoms with Crippen LogP contribution in [-0.2, 0) is 20.0 Å². The summed E-state index contributed by atoms with van der Waals surface area (Å²) in [5, 5.41) is 10.3. The van der Waals surface area contributed by atoms with Crippen molar-refractivity contribution in [3.63, 3.8) is 0 Å². The molecule has 0 saturated carbocycles. The van der Waals surface area contributed by atoms with E-state index in [2.05, 4.69) is 28.8 Å². The van der Waals surface area contributed by atoms with Crippen molar-refractivity contribution < 1.29 is 0 Å². The SMILES string of the molecule is Cc1ccsc1CNC1CCCc2c1cnn2C.Cl. The first-order valence-corrected chi connectivity index (χ1v) is 7.41. The van der Waals surface area contributed by atoms with Gasteiger partial charge in [-0.1, -0.05) is 0 Å². The number of hydrogen-bond acceptors (Lipinski definition) is 3. The summed E-state index contributed by atoms with van der Waals surface area (Å²) in [7, 11) is 2.05. The third kappa shape index (κ3) is 2.86. The van der Waals surface area contributed by atoms with E-state index in [1.165, 1.54) is 41.0 Å². The minimum absolute atomic E-state index is 0. The number of nitrogens with zero attached hydrogens (tertiary/aromatic N) is 2. The van der Waals surface area contributed by atoms with Crippen molar-refractivity contribution in [3.05, 3.63) is 39.3 Å². The van der Waals surface area contributed by atoms with E-state index in [4.69, 9.17) is 0 Å². The first-order valence-electron chi connectivity index (χ1n) is 6.53. The minimum atomic E-state index is 0. The molecule has 2 heterocycles. The van der Waals surface area contributed by atoms with Gasteiger partial charge in [-0.05, 0) is 43.2 Å². The molecule has 1 atom stereocenters. The van der Waals surface area contributed by atoms with Gasteiger partial charge in [-0.2, -0.15) is 5.10 Å². The van der Waals surface area contributed by atoms with E-state index >= 15 is 0 Å². The van der Waals surface area contributed by atoms with Crippen LogP contribution in [-0.4, -0.2) is 9.78 Å². The topological polar surface area (TPSA) is 29.9 Å². The number of aryl methyl sites for hydroxylation is 2. The molecule has 0 radical (unpaired) electrons. The largest absolute Gasteiger partial charge is 0.305 e. The molecule has 0 fully saturated rings. The lowest BCUT2D eigenvalue weighted by Gasteiger charge is -2.23. The standard InChI is InChI=1S/C14H19N3S.ClH/c1-10-6-7-18-14(10)9-15-12-4-3-5-13-11(12)8-16-17(13)2;/h6-8,12,15H,3-5,9H2,1-2H3;1H. The average Bonchev–Trinajstić information content (AvgIpc) is 2.95. The van der Waals surface area contributed by atoms with Gasteiger partial charge in [0.15, 0.2) is 0 Å². The van der Waals surface area contributed by atoms with Gasteiger partial charge in [-0.3, -0.25) is 4.68 Å². The molecule has 3 nitrogen and oxygen atoms in total. The van der Waals surface area contributed by atoms with E-state index in [1.807, 2.05) is 29.3 Å². The van der Waals surface area contributed by atoms with Gasteiger partial charge in [-0.15, -0.1) is 23.7 Å². The van der Waals surface area contributed by atoms with Gasteiger partial charge < -0.3 is 5.32 Å². The van der Waals surface area contributed by atoms with Gasteiger partial charge in [-0.25, -0.2) is 0 Å². The summed E-state index contributed by atoms with van der Waals surface area (Å²) in [4.78, 5) is 1.45. The zero-order valence-electron chi connectivity index (χ0n) is 11.3. The molecule has 1 N–H and O–H groups in total. The Hall–Kier alpha value is -0.840. The highest BCUT2D eigenvalue weighted by molar-refractivity contribution is 7.10. The second-order valence-corrected chi connectivity index (χ2v) is 6.02. The lowest BCUT2D eigenvalue weighted by atomic mass is 9.93. The van der Waals surface area contributed by atoms with Crippen LogP contribution in [0.15, 0.2) is 17.6 Å². The quantitative estimate of drug-likeness (QED) is 0.941. The van der Waals surface area contributed by atoms with Crippen LogP contribution in [0.1, 0.15) is 40.6 Å². The molecule has 5 heteroatoms. The van der Waals surface area contributed by atoms with Crippen molar-refractivity contribution in [2.24, 2.45) is 7.05 Å². The zero-order valence-corrected chi connectivity index (χ0v) is 13.0. The molecule has 0 aromatic carbocycles. The third-order valence-electron chi connectivity index (χ3n) is 3.85. The van der Waals surface area contributed by atoms with Crippen molar-refractivity contribution in [2.45, 2.75) is 38.8 Å². The Balaban J connectivity index is 0.00000133. The summed E-state index contributed by atoms with van der Waals surface area (Å²) < 4.78 is 2.03. The first-order chi connectivity index (χ1) is 8.75. The summed E-state index contributed by atoms with van der Waals surface area (Å²) in [6.07, 6.45) is 5.69. The third-order valence-corrected chi connectivity index (χ3v) is 4.88. The van der Waals surface area contributed by atoms with Crippen molar-refractivity contribution in [2.75, 3.05) is 0 Å². The summed E-state index contributed by atoms with van der Waals surface area (Å²) in [6.45, 7) is 3.16. The van der Waals surface area contributed by atoms with Gasteiger partial charge in [0.2, 0.25) is 0 Å². The number of nitrogens with one attached hydrogen (secondary N) is 1. The number of hydrogen-bond donors (Lipinski definition) is 1. The van der Waals surface area contributed by atoms with Gasteiger partial charge in [0.1, 0.15) is 0 Å². The Bertz CT molecular complexity index is 547. The zero-order chi connectivity index (χ0) is 12.5. The maximum absolute atomic E-state index is 4.39. The lowest BCUT2D eigenvalue weighted by molar-refractivity contribution is 0.453. The highest BCUT2D eigenvalue weighted by Gasteiger charge is 2.22. The van der Waals surface area contributed by atoms with Crippen LogP contribution in [0.25, 0.3) is 0 Å². The molecule has 0 saturated heterocycles. The molecular formula is C14H20ClN3S. The van der Waals surface area contributed by atoms with Gasteiger partial charge in [0.25, 0.3) is 0 Å². The van der Waals surface area contributed by atoms with E-state index in [0.717, 1.165) is 6.54 Å². The summed E-state index contributed by atoms with van der Waals surface area (Å²) in [5.74, 6) is 0. The van der Waals surface area contributed by atoms with Crippen LogP contribution in [0, 0.1) is 6.92 Å². The maximum Gasteiger partial charge on any atom is 0.0540 e. The minimum Gasteiger partial charge on any atom is -0.305 e. The summed E-state index contributed by atoms with van der Waals surface area (Å²) in [6, 6.07) is 2.67. The molecule has 2 aromatic heterocycles. The Kier molecular flexibility index (Phi) is 4.66. The predicted molar refractivity (Wildman–Crippen MR) is 82.0 cm³/mol. The molecule has 0 bridgehead atoms. The smallest absolute Gasteiger partial charge is 0.0540 e. The molecule has 1 unspecified atom stereocenters. The first kappa shape index (κ1) is 14.6.